The van der Waals surface area contributed by atoms with Crippen molar-refractivity contribution >= 4 is 45.2 Å². The first-order valence-electron chi connectivity index (χ1n) is 15.4. The molecule has 3 fully saturated rings. The minimum Gasteiger partial charge on any atom is -0.488 e. The van der Waals surface area contributed by atoms with Crippen molar-refractivity contribution < 1.29 is 4.74 Å². The van der Waals surface area contributed by atoms with Gasteiger partial charge in [-0.15, -0.1) is 0 Å². The first kappa shape index (κ1) is 27.1. The third-order valence-electron chi connectivity index (χ3n) is 9.68. The Bertz CT molecular complexity index is 1780. The summed E-state index contributed by atoms with van der Waals surface area (Å²) in [6, 6.07) is 8.46. The maximum absolute atomic E-state index is 14.1. The van der Waals surface area contributed by atoms with Crippen LogP contribution in [0.3, 0.4) is 0 Å². The fraction of sp³-hybridized carbons (Fsp3) is 0.484. The van der Waals surface area contributed by atoms with E-state index in [1.165, 1.54) is 0 Å². The number of halogens is 1. The molecule has 11 nitrogen and oxygen atoms in total. The normalized spacial score (nSPS) is 24.1. The molecule has 2 aromatic heterocycles. The average Bonchev–Trinajstić information content (AvgIpc) is 3.36. The molecule has 4 aliphatic rings. The van der Waals surface area contributed by atoms with Gasteiger partial charge in [0.1, 0.15) is 12.4 Å². The van der Waals surface area contributed by atoms with Crippen molar-refractivity contribution in [2.45, 2.75) is 37.9 Å². The van der Waals surface area contributed by atoms with Gasteiger partial charge in [0.05, 0.1) is 22.1 Å². The number of nitrogen functional groups attached to an aromatic ring is 1. The van der Waals surface area contributed by atoms with Gasteiger partial charge in [-0.2, -0.15) is 4.98 Å². The zero-order valence-electron chi connectivity index (χ0n) is 24.3. The number of fused-ring (bicyclic) bond motifs is 3. The highest BCUT2D eigenvalue weighted by Crippen LogP contribution is 2.48. The Morgan fingerprint density at radius 3 is 2.63 bits per heavy atom. The van der Waals surface area contributed by atoms with E-state index in [2.05, 4.69) is 36.9 Å². The quantitative estimate of drug-likeness (QED) is 0.354. The van der Waals surface area contributed by atoms with Gasteiger partial charge in [0.15, 0.2) is 5.75 Å². The Morgan fingerprint density at radius 2 is 1.86 bits per heavy atom. The second-order valence-corrected chi connectivity index (χ2v) is 12.7. The largest absolute Gasteiger partial charge is 0.488 e. The molecule has 8 rings (SSSR count). The van der Waals surface area contributed by atoms with Gasteiger partial charge in [0.2, 0.25) is 5.95 Å². The SMILES string of the molecule is CCN1CCN(C[C@H]2COc3c(-c4cccc5cnc(N)nc45)c(Cl)cc4c(N5CC6CCC(C5)N6)nc(=O)n2c34)CC1. The van der Waals surface area contributed by atoms with Crippen molar-refractivity contribution in [3.8, 4) is 16.9 Å². The van der Waals surface area contributed by atoms with Gasteiger partial charge < -0.3 is 25.6 Å². The summed E-state index contributed by atoms with van der Waals surface area (Å²) in [5.41, 5.74) is 8.72. The third kappa shape index (κ3) is 4.61. The summed E-state index contributed by atoms with van der Waals surface area (Å²) in [6.45, 7) is 9.93. The molecule has 3 atom stereocenters. The van der Waals surface area contributed by atoms with Crippen LogP contribution in [0.15, 0.2) is 35.3 Å². The van der Waals surface area contributed by atoms with Crippen LogP contribution in [-0.4, -0.2) is 100 Å². The van der Waals surface area contributed by atoms with Crippen molar-refractivity contribution in [3.05, 3.63) is 46.0 Å². The highest BCUT2D eigenvalue weighted by Gasteiger charge is 2.37. The molecule has 43 heavy (non-hydrogen) atoms. The van der Waals surface area contributed by atoms with E-state index in [-0.39, 0.29) is 17.7 Å². The molecular weight excluding hydrogens is 566 g/mol. The average molecular weight is 602 g/mol. The van der Waals surface area contributed by atoms with Crippen LogP contribution in [0.25, 0.3) is 32.9 Å². The Hall–Kier alpha value is -3.51. The minimum absolute atomic E-state index is 0.170. The van der Waals surface area contributed by atoms with E-state index in [0.717, 1.165) is 87.1 Å². The minimum atomic E-state index is -0.243. The van der Waals surface area contributed by atoms with Gasteiger partial charge in [-0.1, -0.05) is 36.7 Å². The standard InChI is InChI=1S/C31H36ClN9O2/c1-2-38-8-10-39(11-9-38)16-21-17-43-28-25(22-5-3-4-18-13-34-30(33)36-26(18)22)24(32)12-23-27(28)41(21)31(42)37-29(23)40-14-19-6-7-20(15-40)35-19/h3-5,12-13,19-21,35H,2,6-11,14-17H2,1H3,(H2,33,34,36)/t19?,20?,21-/m0/s1. The molecule has 4 aromatic rings. The summed E-state index contributed by atoms with van der Waals surface area (Å²) >= 11 is 7.16. The van der Waals surface area contributed by atoms with Crippen LogP contribution < -0.4 is 26.4 Å². The first-order chi connectivity index (χ1) is 21.0. The topological polar surface area (TPSA) is 118 Å². The third-order valence-corrected chi connectivity index (χ3v) is 9.98. The number of rotatable bonds is 5. The van der Waals surface area contributed by atoms with Crippen molar-refractivity contribution in [3.63, 3.8) is 0 Å². The molecule has 0 saturated carbocycles. The molecule has 0 spiro atoms. The number of nitrogens with one attached hydrogen (secondary N) is 1. The number of hydrogen-bond acceptors (Lipinski definition) is 10. The monoisotopic (exact) mass is 601 g/mol. The number of ether oxygens (including phenoxy) is 1. The van der Waals surface area contributed by atoms with E-state index >= 15 is 0 Å². The van der Waals surface area contributed by atoms with Gasteiger partial charge >= 0.3 is 5.69 Å². The molecule has 4 aliphatic heterocycles. The van der Waals surface area contributed by atoms with Crippen LogP contribution in [0.2, 0.25) is 5.02 Å². The number of nitrogens with two attached hydrogens (primary N) is 1. The predicted molar refractivity (Wildman–Crippen MR) is 169 cm³/mol. The molecule has 224 valence electrons. The molecule has 6 heterocycles. The van der Waals surface area contributed by atoms with Gasteiger partial charge in [0.25, 0.3) is 0 Å². The van der Waals surface area contributed by atoms with Gasteiger partial charge in [-0.25, -0.2) is 14.8 Å². The highest BCUT2D eigenvalue weighted by molar-refractivity contribution is 6.35. The number of hydrogen-bond donors (Lipinski definition) is 2. The molecule has 0 aliphatic carbocycles. The lowest BCUT2D eigenvalue weighted by Crippen LogP contribution is -2.52. The van der Waals surface area contributed by atoms with Gasteiger partial charge in [-0.05, 0) is 25.5 Å². The van der Waals surface area contributed by atoms with Gasteiger partial charge in [-0.3, -0.25) is 9.47 Å². The van der Waals surface area contributed by atoms with Crippen molar-refractivity contribution in [2.24, 2.45) is 0 Å². The van der Waals surface area contributed by atoms with E-state index in [4.69, 9.17) is 27.1 Å². The Labute approximate surface area is 254 Å². The maximum Gasteiger partial charge on any atom is 0.350 e. The molecule has 0 radical (unpaired) electrons. The second kappa shape index (κ2) is 10.6. The van der Waals surface area contributed by atoms with Crippen LogP contribution in [0, 0.1) is 0 Å². The smallest absolute Gasteiger partial charge is 0.350 e. The zero-order chi connectivity index (χ0) is 29.2. The number of piperazine rings is 2. The Kier molecular flexibility index (Phi) is 6.66. The Balaban J connectivity index is 1.32. The summed E-state index contributed by atoms with van der Waals surface area (Å²) in [4.78, 5) is 34.8. The lowest BCUT2D eigenvalue weighted by Gasteiger charge is -2.39. The fourth-order valence-electron chi connectivity index (χ4n) is 7.51. The van der Waals surface area contributed by atoms with E-state index in [0.29, 0.717) is 46.4 Å². The second-order valence-electron chi connectivity index (χ2n) is 12.3. The van der Waals surface area contributed by atoms with Crippen molar-refractivity contribution in [2.75, 3.05) is 69.6 Å². The summed E-state index contributed by atoms with van der Waals surface area (Å²) in [5, 5.41) is 5.90. The lowest BCUT2D eigenvalue weighted by atomic mass is 9.98. The van der Waals surface area contributed by atoms with Crippen LogP contribution in [-0.2, 0) is 0 Å². The highest BCUT2D eigenvalue weighted by atomic mass is 35.5. The summed E-state index contributed by atoms with van der Waals surface area (Å²) < 4.78 is 8.54. The maximum atomic E-state index is 14.1. The van der Waals surface area contributed by atoms with Crippen LogP contribution in [0.1, 0.15) is 25.8 Å². The molecule has 2 bridgehead atoms. The van der Waals surface area contributed by atoms with Crippen LogP contribution in [0.4, 0.5) is 11.8 Å². The number of likely N-dealkylation sites (N-methyl/N-ethyl adjacent to an activating group) is 1. The van der Waals surface area contributed by atoms with E-state index in [9.17, 15) is 4.79 Å². The summed E-state index contributed by atoms with van der Waals surface area (Å²) in [6.07, 6.45) is 3.98. The molecule has 3 saturated heterocycles. The number of nitrogens with zero attached hydrogens (tertiary/aromatic N) is 7. The number of anilines is 2. The molecule has 12 heteroatoms. The first-order valence-corrected chi connectivity index (χ1v) is 15.7. The van der Waals surface area contributed by atoms with Crippen LogP contribution >= 0.6 is 11.6 Å². The van der Waals surface area contributed by atoms with E-state index < -0.39 is 0 Å². The van der Waals surface area contributed by atoms with Crippen molar-refractivity contribution in [1.82, 2.24) is 34.6 Å². The lowest BCUT2D eigenvalue weighted by molar-refractivity contribution is 0.106. The molecule has 2 aromatic carbocycles. The van der Waals surface area contributed by atoms with E-state index in [1.807, 2.05) is 28.8 Å². The molecule has 0 amide bonds. The van der Waals surface area contributed by atoms with Crippen molar-refractivity contribution in [1.29, 1.82) is 0 Å². The summed E-state index contributed by atoms with van der Waals surface area (Å²) in [5.74, 6) is 1.47. The fourth-order valence-corrected chi connectivity index (χ4v) is 7.81. The van der Waals surface area contributed by atoms with E-state index in [1.54, 1.807) is 6.20 Å². The number of aromatic nitrogens is 4. The molecular formula is C31H36ClN9O2. The number of benzene rings is 2. The summed E-state index contributed by atoms with van der Waals surface area (Å²) in [7, 11) is 0. The predicted octanol–water partition coefficient (Wildman–Crippen LogP) is 2.75. The van der Waals surface area contributed by atoms with Crippen LogP contribution in [0.5, 0.6) is 5.75 Å². The molecule has 3 N–H and O–H groups in total. The Morgan fingerprint density at radius 1 is 1.09 bits per heavy atom. The number of para-hydroxylation sites is 1. The molecule has 2 unspecified atom stereocenters. The van der Waals surface area contributed by atoms with Gasteiger partial charge in [0, 0.05) is 86.0 Å². The zero-order valence-corrected chi connectivity index (χ0v) is 25.1.